The summed E-state index contributed by atoms with van der Waals surface area (Å²) in [5.41, 5.74) is 7.36. The maximum atomic E-state index is 14.7. The molecule has 260 valence electrons. The molecule has 0 atom stereocenters. The predicted octanol–water partition coefficient (Wildman–Crippen LogP) is 8.43. The first kappa shape index (κ1) is 37.4. The zero-order chi connectivity index (χ0) is 35.8. The first-order valence-corrected chi connectivity index (χ1v) is 30.0. The molecule has 4 nitrogen and oxygen atoms in total. The van der Waals surface area contributed by atoms with Gasteiger partial charge in [0.15, 0.2) is 0 Å². The van der Waals surface area contributed by atoms with Gasteiger partial charge in [-0.25, -0.2) is 0 Å². The van der Waals surface area contributed by atoms with Crippen LogP contribution in [0.2, 0.25) is 0 Å². The summed E-state index contributed by atoms with van der Waals surface area (Å²) in [5.74, 6) is -0.783. The molecule has 0 unspecified atom stereocenters. The molecule has 6 aromatic carbocycles. The van der Waals surface area contributed by atoms with E-state index in [-0.39, 0.29) is 12.8 Å². The Balaban J connectivity index is 1.38. The van der Waals surface area contributed by atoms with Crippen molar-refractivity contribution in [1.82, 2.24) is 0 Å². The number of hydrogen-bond acceptors (Lipinski definition) is 4. The predicted molar refractivity (Wildman–Crippen MR) is 214 cm³/mol. The summed E-state index contributed by atoms with van der Waals surface area (Å²) in [6.45, 7) is 0. The molecule has 0 radical (unpaired) electrons. The number of rotatable bonds is 16. The quantitative estimate of drug-likeness (QED) is 0.0724. The van der Waals surface area contributed by atoms with Crippen molar-refractivity contribution in [2.75, 3.05) is 0 Å². The van der Waals surface area contributed by atoms with Gasteiger partial charge in [-0.1, -0.05) is 0 Å². The SMILES string of the molecule is O=C([O][SnH]([CH2]c1ccccc1)[CH2]c1ccccc1)/C(Cc1ccccc1)=C(/Cc1ccccc1)C(=O)[O][SnH]([CH2]c1ccccc1)[CH2]c1ccccc1. The fourth-order valence-corrected chi connectivity index (χ4v) is 19.9. The van der Waals surface area contributed by atoms with Crippen molar-refractivity contribution in [3.8, 4) is 0 Å². The van der Waals surface area contributed by atoms with E-state index in [0.717, 1.165) is 28.9 Å². The van der Waals surface area contributed by atoms with Gasteiger partial charge in [-0.05, 0) is 0 Å². The van der Waals surface area contributed by atoms with Crippen LogP contribution in [0.5, 0.6) is 0 Å². The van der Waals surface area contributed by atoms with Gasteiger partial charge in [0, 0.05) is 0 Å². The zero-order valence-electron chi connectivity index (χ0n) is 29.4. The Labute approximate surface area is 322 Å². The van der Waals surface area contributed by atoms with E-state index in [4.69, 9.17) is 6.15 Å². The van der Waals surface area contributed by atoms with Crippen LogP contribution >= 0.6 is 0 Å². The van der Waals surface area contributed by atoms with Gasteiger partial charge in [0.2, 0.25) is 0 Å². The molecule has 6 rings (SSSR count). The number of hydrogen-bond donors (Lipinski definition) is 0. The molecular formula is C46H44O4Sn2. The fraction of sp³-hybridized carbons (Fsp3) is 0.130. The third-order valence-corrected chi connectivity index (χ3v) is 22.8. The molecule has 0 saturated heterocycles. The van der Waals surface area contributed by atoms with Crippen LogP contribution in [-0.4, -0.2) is 52.3 Å². The maximum absolute atomic E-state index is 14.7. The molecule has 0 aliphatic heterocycles. The van der Waals surface area contributed by atoms with Crippen LogP contribution < -0.4 is 0 Å². The van der Waals surface area contributed by atoms with Crippen molar-refractivity contribution in [2.45, 2.75) is 30.6 Å². The average molecular weight is 898 g/mol. The molecule has 0 N–H and O–H groups in total. The molecule has 0 bridgehead atoms. The second kappa shape index (κ2) is 20.0. The van der Waals surface area contributed by atoms with Gasteiger partial charge in [-0.3, -0.25) is 0 Å². The molecule has 0 saturated carbocycles. The van der Waals surface area contributed by atoms with E-state index in [1.807, 2.05) is 133 Å². The van der Waals surface area contributed by atoms with Crippen LogP contribution in [0, 0.1) is 0 Å². The van der Waals surface area contributed by atoms with E-state index in [0.29, 0.717) is 11.1 Å². The number of carbonyl (C=O) groups excluding carboxylic acids is 2. The molecule has 0 aliphatic carbocycles. The minimum atomic E-state index is -3.12. The normalized spacial score (nSPS) is 11.6. The van der Waals surface area contributed by atoms with Crippen molar-refractivity contribution in [3.05, 3.63) is 227 Å². The van der Waals surface area contributed by atoms with Crippen molar-refractivity contribution in [3.63, 3.8) is 0 Å². The average Bonchev–Trinajstić information content (AvgIpc) is 3.18. The van der Waals surface area contributed by atoms with Crippen LogP contribution in [-0.2, 0) is 46.3 Å². The molecule has 52 heavy (non-hydrogen) atoms. The summed E-state index contributed by atoms with van der Waals surface area (Å²) in [4.78, 5) is 29.4. The van der Waals surface area contributed by atoms with Gasteiger partial charge in [0.1, 0.15) is 0 Å². The minimum absolute atomic E-state index is 0.282. The Morgan fingerprint density at radius 2 is 0.538 bits per heavy atom. The summed E-state index contributed by atoms with van der Waals surface area (Å²) >= 11 is -6.23. The van der Waals surface area contributed by atoms with E-state index < -0.39 is 52.3 Å². The monoisotopic (exact) mass is 900 g/mol. The summed E-state index contributed by atoms with van der Waals surface area (Å²) in [6, 6.07) is 60.9. The zero-order valence-corrected chi connectivity index (χ0v) is 35.9. The summed E-state index contributed by atoms with van der Waals surface area (Å²) < 4.78 is 16.4. The van der Waals surface area contributed by atoms with Crippen molar-refractivity contribution in [1.29, 1.82) is 0 Å². The second-order valence-electron chi connectivity index (χ2n) is 13.1. The van der Waals surface area contributed by atoms with Crippen molar-refractivity contribution >= 4 is 52.3 Å². The summed E-state index contributed by atoms with van der Waals surface area (Å²) in [5, 5.41) is 0. The first-order valence-electron chi connectivity index (χ1n) is 18.0. The molecule has 6 heteroatoms. The standard InChI is InChI=1S/C18H16O4.4C7H7.2Sn.2H/c19-17(20)15(11-13-7-3-1-4-8-13)16(18(21)22)12-14-9-5-2-6-10-14;4*1-7-5-3-2-4-6-7;;;;/h1-10H,11-12H2,(H,19,20)(H,21,22);4*2-6H,1H2;;;;/q;;;;;2*+1;;/p-2/b16-15-;;;;;;;;. The van der Waals surface area contributed by atoms with Gasteiger partial charge < -0.3 is 0 Å². The summed E-state index contributed by atoms with van der Waals surface area (Å²) in [7, 11) is 0. The molecule has 0 heterocycles. The fourth-order valence-electron chi connectivity index (χ4n) is 6.47. The van der Waals surface area contributed by atoms with Gasteiger partial charge in [-0.2, -0.15) is 0 Å². The van der Waals surface area contributed by atoms with Crippen molar-refractivity contribution < 1.29 is 15.7 Å². The molecular weight excluding hydrogens is 854 g/mol. The van der Waals surface area contributed by atoms with Crippen molar-refractivity contribution in [2.24, 2.45) is 0 Å². The van der Waals surface area contributed by atoms with Crippen LogP contribution in [0.3, 0.4) is 0 Å². The molecule has 0 aliphatic rings. The Bertz CT molecular complexity index is 1770. The van der Waals surface area contributed by atoms with Gasteiger partial charge >= 0.3 is 325 Å². The molecule has 0 fully saturated rings. The third-order valence-electron chi connectivity index (χ3n) is 9.08. The van der Waals surface area contributed by atoms with E-state index in [1.54, 1.807) is 0 Å². The van der Waals surface area contributed by atoms with Gasteiger partial charge in [-0.15, -0.1) is 0 Å². The van der Waals surface area contributed by atoms with Crippen LogP contribution in [0.1, 0.15) is 33.4 Å². The van der Waals surface area contributed by atoms with E-state index in [1.165, 1.54) is 22.3 Å². The topological polar surface area (TPSA) is 52.6 Å². The number of carbonyl (C=O) groups is 2. The van der Waals surface area contributed by atoms with E-state index in [9.17, 15) is 9.59 Å². The molecule has 6 aromatic rings. The Kier molecular flexibility index (Phi) is 14.4. The molecule has 0 aromatic heterocycles. The third kappa shape index (κ3) is 11.8. The van der Waals surface area contributed by atoms with E-state index in [2.05, 4.69) is 48.5 Å². The first-order chi connectivity index (χ1) is 25.6. The van der Waals surface area contributed by atoms with Crippen LogP contribution in [0.15, 0.2) is 193 Å². The Morgan fingerprint density at radius 1 is 0.327 bits per heavy atom. The van der Waals surface area contributed by atoms with Gasteiger partial charge in [0.25, 0.3) is 0 Å². The van der Waals surface area contributed by atoms with Gasteiger partial charge in [0.05, 0.1) is 0 Å². The number of benzene rings is 6. The van der Waals surface area contributed by atoms with E-state index >= 15 is 0 Å². The Morgan fingerprint density at radius 3 is 0.769 bits per heavy atom. The van der Waals surface area contributed by atoms with Crippen LogP contribution in [0.25, 0.3) is 0 Å². The molecule has 0 spiro atoms. The molecule has 0 amide bonds. The summed E-state index contributed by atoms with van der Waals surface area (Å²) in [6.07, 6.45) is 0.563. The second-order valence-corrected chi connectivity index (χ2v) is 26.2. The van der Waals surface area contributed by atoms with Crippen LogP contribution in [0.4, 0.5) is 0 Å². The Hall–Kier alpha value is -4.40.